The number of unbranched alkanes of at least 4 members (excludes halogenated alkanes) is 2. The van der Waals surface area contributed by atoms with Crippen molar-refractivity contribution in [3.8, 4) is 0 Å². The predicted molar refractivity (Wildman–Crippen MR) is 90.2 cm³/mol. The summed E-state index contributed by atoms with van der Waals surface area (Å²) in [5, 5.41) is 0. The van der Waals surface area contributed by atoms with Crippen LogP contribution in [-0.4, -0.2) is 6.67 Å². The molecule has 0 saturated heterocycles. The van der Waals surface area contributed by atoms with Crippen LogP contribution in [0.4, 0.5) is 4.39 Å². The van der Waals surface area contributed by atoms with Crippen molar-refractivity contribution in [1.29, 1.82) is 0 Å². The summed E-state index contributed by atoms with van der Waals surface area (Å²) in [6.07, 6.45) is 19.4. The average molecular weight is 297 g/mol. The van der Waals surface area contributed by atoms with Crippen molar-refractivity contribution in [2.75, 3.05) is 6.67 Å². The van der Waals surface area contributed by atoms with Crippen molar-refractivity contribution >= 4 is 0 Å². The molecule has 0 aromatic carbocycles. The summed E-state index contributed by atoms with van der Waals surface area (Å²) in [5.74, 6) is 3.95. The van der Waals surface area contributed by atoms with Gasteiger partial charge in [-0.05, 0) is 62.2 Å². The largest absolute Gasteiger partial charge is 0.251 e. The lowest BCUT2D eigenvalue weighted by Gasteiger charge is -2.38. The fraction of sp³-hybridized carbons (Fsp3) is 1.00. The fourth-order valence-electron chi connectivity index (χ4n) is 4.95. The van der Waals surface area contributed by atoms with Gasteiger partial charge in [-0.25, -0.2) is 0 Å². The van der Waals surface area contributed by atoms with Gasteiger partial charge in [-0.15, -0.1) is 0 Å². The lowest BCUT2D eigenvalue weighted by atomic mass is 9.68. The van der Waals surface area contributed by atoms with E-state index in [4.69, 9.17) is 0 Å². The van der Waals surface area contributed by atoms with Crippen LogP contribution in [0.1, 0.15) is 96.8 Å². The molecule has 0 radical (unpaired) electrons. The minimum atomic E-state index is -0.109. The van der Waals surface area contributed by atoms with E-state index in [1.54, 1.807) is 0 Å². The molecule has 2 rings (SSSR count). The number of hydrogen-bond donors (Lipinski definition) is 0. The van der Waals surface area contributed by atoms with Gasteiger partial charge in [0.1, 0.15) is 0 Å². The standard InChI is InChI=1S/C20H37F/c1-2-3-4-6-17-8-12-19(13-9-17)20-14-10-18(11-15-20)7-5-16-21/h17-20H,2-16H2,1H3. The van der Waals surface area contributed by atoms with Crippen molar-refractivity contribution in [2.24, 2.45) is 23.7 Å². The van der Waals surface area contributed by atoms with Crippen LogP contribution in [-0.2, 0) is 0 Å². The molecule has 2 saturated carbocycles. The molecule has 0 amide bonds. The van der Waals surface area contributed by atoms with E-state index in [9.17, 15) is 4.39 Å². The third kappa shape index (κ3) is 5.91. The molecule has 0 heterocycles. The zero-order chi connectivity index (χ0) is 14.9. The molecule has 2 fully saturated rings. The highest BCUT2D eigenvalue weighted by Crippen LogP contribution is 2.43. The Labute approximate surface area is 132 Å². The van der Waals surface area contributed by atoms with Gasteiger partial charge >= 0.3 is 0 Å². The molecule has 1 heteroatoms. The normalized spacial score (nSPS) is 34.0. The Morgan fingerprint density at radius 1 is 0.667 bits per heavy atom. The molecule has 2 aliphatic carbocycles. The summed E-state index contributed by atoms with van der Waals surface area (Å²) in [7, 11) is 0. The van der Waals surface area contributed by atoms with E-state index in [1.807, 2.05) is 0 Å². The Morgan fingerprint density at radius 2 is 1.14 bits per heavy atom. The molecule has 21 heavy (non-hydrogen) atoms. The molecule has 0 atom stereocenters. The van der Waals surface area contributed by atoms with E-state index in [2.05, 4.69) is 6.92 Å². The molecule has 0 nitrogen and oxygen atoms in total. The zero-order valence-corrected chi connectivity index (χ0v) is 14.3. The highest BCUT2D eigenvalue weighted by molar-refractivity contribution is 4.82. The second-order valence-electron chi connectivity index (χ2n) is 7.89. The van der Waals surface area contributed by atoms with Crippen LogP contribution in [0.15, 0.2) is 0 Å². The minimum Gasteiger partial charge on any atom is -0.251 e. The number of hydrogen-bond acceptors (Lipinski definition) is 0. The van der Waals surface area contributed by atoms with E-state index < -0.39 is 0 Å². The molecule has 0 aliphatic heterocycles. The predicted octanol–water partition coefficient (Wildman–Crippen LogP) is 6.93. The molecule has 0 aromatic heterocycles. The number of halogens is 1. The van der Waals surface area contributed by atoms with Crippen LogP contribution >= 0.6 is 0 Å². The smallest absolute Gasteiger partial charge is 0.0894 e. The van der Waals surface area contributed by atoms with Gasteiger partial charge in [0.15, 0.2) is 0 Å². The van der Waals surface area contributed by atoms with Crippen LogP contribution in [0.5, 0.6) is 0 Å². The number of alkyl halides is 1. The molecule has 0 spiro atoms. The molecular weight excluding hydrogens is 259 g/mol. The SMILES string of the molecule is CCCCCC1CCC(C2CCC(CCCF)CC2)CC1. The van der Waals surface area contributed by atoms with Crippen LogP contribution < -0.4 is 0 Å². The molecule has 0 aromatic rings. The van der Waals surface area contributed by atoms with E-state index in [-0.39, 0.29) is 6.67 Å². The fourth-order valence-corrected chi connectivity index (χ4v) is 4.95. The second-order valence-corrected chi connectivity index (χ2v) is 7.89. The maximum atomic E-state index is 12.3. The van der Waals surface area contributed by atoms with Crippen molar-refractivity contribution in [3.05, 3.63) is 0 Å². The monoisotopic (exact) mass is 296 g/mol. The van der Waals surface area contributed by atoms with Gasteiger partial charge in [0.05, 0.1) is 6.67 Å². The first-order valence-corrected chi connectivity index (χ1v) is 9.89. The van der Waals surface area contributed by atoms with Crippen LogP contribution in [0, 0.1) is 23.7 Å². The molecule has 0 unspecified atom stereocenters. The maximum Gasteiger partial charge on any atom is 0.0894 e. The quantitative estimate of drug-likeness (QED) is 0.426. The zero-order valence-electron chi connectivity index (χ0n) is 14.3. The lowest BCUT2D eigenvalue weighted by Crippen LogP contribution is -2.26. The highest BCUT2D eigenvalue weighted by Gasteiger charge is 2.30. The van der Waals surface area contributed by atoms with Gasteiger partial charge in [-0.3, -0.25) is 4.39 Å². The summed E-state index contributed by atoms with van der Waals surface area (Å²) in [6, 6.07) is 0. The van der Waals surface area contributed by atoms with E-state index in [1.165, 1.54) is 77.0 Å². The highest BCUT2D eigenvalue weighted by atomic mass is 19.1. The summed E-state index contributed by atoms with van der Waals surface area (Å²) in [4.78, 5) is 0. The molecular formula is C20H37F. The van der Waals surface area contributed by atoms with Gasteiger partial charge in [-0.1, -0.05) is 58.3 Å². The first kappa shape index (κ1) is 17.3. The lowest BCUT2D eigenvalue weighted by molar-refractivity contribution is 0.139. The maximum absolute atomic E-state index is 12.3. The number of rotatable bonds is 8. The Balaban J connectivity index is 1.60. The first-order valence-electron chi connectivity index (χ1n) is 9.89. The van der Waals surface area contributed by atoms with Gasteiger partial charge in [0.25, 0.3) is 0 Å². The van der Waals surface area contributed by atoms with Crippen molar-refractivity contribution in [3.63, 3.8) is 0 Å². The van der Waals surface area contributed by atoms with E-state index >= 15 is 0 Å². The summed E-state index contributed by atoms with van der Waals surface area (Å²) in [5.41, 5.74) is 0. The van der Waals surface area contributed by atoms with E-state index in [0.717, 1.165) is 36.5 Å². The van der Waals surface area contributed by atoms with Gasteiger partial charge < -0.3 is 0 Å². The van der Waals surface area contributed by atoms with Crippen LogP contribution in [0.2, 0.25) is 0 Å². The van der Waals surface area contributed by atoms with Gasteiger partial charge in [-0.2, -0.15) is 0 Å². The third-order valence-corrected chi connectivity index (χ3v) is 6.41. The first-order chi connectivity index (χ1) is 10.3. The Kier molecular flexibility index (Phi) is 8.11. The Morgan fingerprint density at radius 3 is 1.57 bits per heavy atom. The molecule has 0 bridgehead atoms. The van der Waals surface area contributed by atoms with E-state index in [0.29, 0.717) is 0 Å². The summed E-state index contributed by atoms with van der Waals surface area (Å²) >= 11 is 0. The van der Waals surface area contributed by atoms with Crippen LogP contribution in [0.3, 0.4) is 0 Å². The summed E-state index contributed by atoms with van der Waals surface area (Å²) < 4.78 is 12.3. The van der Waals surface area contributed by atoms with Gasteiger partial charge in [0, 0.05) is 0 Å². The second kappa shape index (κ2) is 9.85. The summed E-state index contributed by atoms with van der Waals surface area (Å²) in [6.45, 7) is 2.20. The third-order valence-electron chi connectivity index (χ3n) is 6.41. The molecule has 124 valence electrons. The Bertz CT molecular complexity index is 247. The Hall–Kier alpha value is -0.0700. The van der Waals surface area contributed by atoms with Crippen molar-refractivity contribution in [1.82, 2.24) is 0 Å². The average Bonchev–Trinajstić information content (AvgIpc) is 2.54. The van der Waals surface area contributed by atoms with Crippen molar-refractivity contribution < 1.29 is 4.39 Å². The van der Waals surface area contributed by atoms with Gasteiger partial charge in [0.2, 0.25) is 0 Å². The van der Waals surface area contributed by atoms with Crippen LogP contribution in [0.25, 0.3) is 0 Å². The van der Waals surface area contributed by atoms with Crippen molar-refractivity contribution in [2.45, 2.75) is 96.8 Å². The minimum absolute atomic E-state index is 0.109. The molecule has 2 aliphatic rings. The topological polar surface area (TPSA) is 0 Å². The molecule has 0 N–H and O–H groups in total.